The van der Waals surface area contributed by atoms with Crippen molar-refractivity contribution < 1.29 is 4.74 Å². The normalized spacial score (nSPS) is 16.3. The Kier molecular flexibility index (Phi) is 2.99. The molecule has 1 aliphatic rings. The largest absolute Gasteiger partial charge is 0.490 e. The van der Waals surface area contributed by atoms with Crippen molar-refractivity contribution >= 4 is 0 Å². The fourth-order valence-corrected chi connectivity index (χ4v) is 1.92. The van der Waals surface area contributed by atoms with Crippen molar-refractivity contribution in [1.82, 2.24) is 4.98 Å². The van der Waals surface area contributed by atoms with Crippen LogP contribution in [0.5, 0.6) is 5.75 Å². The highest BCUT2D eigenvalue weighted by atomic mass is 16.5. The molecule has 3 nitrogen and oxygen atoms in total. The van der Waals surface area contributed by atoms with E-state index >= 15 is 0 Å². The van der Waals surface area contributed by atoms with Crippen molar-refractivity contribution in [2.75, 3.05) is 0 Å². The third-order valence-electron chi connectivity index (χ3n) is 3.11. The van der Waals surface area contributed by atoms with E-state index in [-0.39, 0.29) is 6.04 Å². The van der Waals surface area contributed by atoms with Crippen LogP contribution in [0.4, 0.5) is 0 Å². The molecule has 1 aromatic carbocycles. The van der Waals surface area contributed by atoms with E-state index in [2.05, 4.69) is 4.98 Å². The van der Waals surface area contributed by atoms with Gasteiger partial charge in [0.1, 0.15) is 5.75 Å². The monoisotopic (exact) mass is 240 g/mol. The van der Waals surface area contributed by atoms with Crippen LogP contribution >= 0.6 is 0 Å². The number of pyridine rings is 1. The molecule has 0 amide bonds. The van der Waals surface area contributed by atoms with Crippen molar-refractivity contribution in [3.05, 3.63) is 59.9 Å². The number of ether oxygens (including phenoxy) is 1. The van der Waals surface area contributed by atoms with Gasteiger partial charge in [-0.2, -0.15) is 0 Å². The van der Waals surface area contributed by atoms with Crippen LogP contribution in [-0.4, -0.2) is 11.1 Å². The minimum Gasteiger partial charge on any atom is -0.490 e. The van der Waals surface area contributed by atoms with E-state index in [4.69, 9.17) is 10.5 Å². The molecule has 1 atom stereocenters. The van der Waals surface area contributed by atoms with E-state index in [1.807, 2.05) is 36.4 Å². The Morgan fingerprint density at radius 1 is 1.11 bits per heavy atom. The molecule has 1 aromatic heterocycles. The molecule has 1 fully saturated rings. The standard InChI is InChI=1S/C15H16N2O/c16-15(11-6-8-17-9-7-11)12-2-1-3-14(10-12)18-13-4-5-13/h1-3,6-10,13,15H,4-5,16H2. The lowest BCUT2D eigenvalue weighted by Gasteiger charge is -2.13. The molecule has 0 radical (unpaired) electrons. The average Bonchev–Trinajstić information content (AvgIpc) is 3.23. The van der Waals surface area contributed by atoms with Crippen molar-refractivity contribution in [2.45, 2.75) is 25.0 Å². The fourth-order valence-electron chi connectivity index (χ4n) is 1.92. The van der Waals surface area contributed by atoms with Gasteiger partial charge >= 0.3 is 0 Å². The second kappa shape index (κ2) is 4.78. The van der Waals surface area contributed by atoms with Gasteiger partial charge in [-0.05, 0) is 48.2 Å². The van der Waals surface area contributed by atoms with Gasteiger partial charge in [-0.1, -0.05) is 12.1 Å². The van der Waals surface area contributed by atoms with Crippen LogP contribution in [0, 0.1) is 0 Å². The van der Waals surface area contributed by atoms with Crippen LogP contribution < -0.4 is 10.5 Å². The molecular weight excluding hydrogens is 224 g/mol. The molecule has 1 unspecified atom stereocenters. The lowest BCUT2D eigenvalue weighted by atomic mass is 10.0. The number of nitrogens with zero attached hydrogens (tertiary/aromatic N) is 1. The van der Waals surface area contributed by atoms with Gasteiger partial charge in [0, 0.05) is 12.4 Å². The molecule has 2 N–H and O–H groups in total. The van der Waals surface area contributed by atoms with Crippen LogP contribution in [0.2, 0.25) is 0 Å². The van der Waals surface area contributed by atoms with Crippen LogP contribution in [0.25, 0.3) is 0 Å². The number of benzene rings is 1. The molecule has 18 heavy (non-hydrogen) atoms. The number of rotatable bonds is 4. The highest BCUT2D eigenvalue weighted by Crippen LogP contribution is 2.29. The summed E-state index contributed by atoms with van der Waals surface area (Å²) < 4.78 is 5.78. The van der Waals surface area contributed by atoms with E-state index in [1.54, 1.807) is 12.4 Å². The van der Waals surface area contributed by atoms with Gasteiger partial charge in [-0.3, -0.25) is 4.98 Å². The predicted molar refractivity (Wildman–Crippen MR) is 70.4 cm³/mol. The minimum absolute atomic E-state index is 0.129. The van der Waals surface area contributed by atoms with E-state index in [9.17, 15) is 0 Å². The Labute approximate surface area is 107 Å². The Balaban J connectivity index is 1.82. The molecule has 2 aromatic rings. The Morgan fingerprint density at radius 2 is 1.89 bits per heavy atom. The molecule has 1 heterocycles. The SMILES string of the molecule is NC(c1ccncc1)c1cccc(OC2CC2)c1. The van der Waals surface area contributed by atoms with E-state index in [1.165, 1.54) is 12.8 Å². The van der Waals surface area contributed by atoms with Gasteiger partial charge in [-0.15, -0.1) is 0 Å². The zero-order valence-corrected chi connectivity index (χ0v) is 10.1. The summed E-state index contributed by atoms with van der Waals surface area (Å²) in [6, 6.07) is 11.8. The molecule has 0 bridgehead atoms. The minimum atomic E-state index is -0.129. The molecule has 92 valence electrons. The molecule has 0 saturated heterocycles. The van der Waals surface area contributed by atoms with Crippen LogP contribution in [0.3, 0.4) is 0 Å². The van der Waals surface area contributed by atoms with E-state index in [0.29, 0.717) is 6.10 Å². The molecule has 0 aliphatic heterocycles. The van der Waals surface area contributed by atoms with Crippen molar-refractivity contribution in [3.63, 3.8) is 0 Å². The number of nitrogens with two attached hydrogens (primary N) is 1. The van der Waals surface area contributed by atoms with Gasteiger partial charge in [0.25, 0.3) is 0 Å². The van der Waals surface area contributed by atoms with E-state index < -0.39 is 0 Å². The zero-order chi connectivity index (χ0) is 12.4. The molecule has 1 aliphatic carbocycles. The summed E-state index contributed by atoms with van der Waals surface area (Å²) in [5, 5.41) is 0. The van der Waals surface area contributed by atoms with E-state index in [0.717, 1.165) is 16.9 Å². The second-order valence-corrected chi connectivity index (χ2v) is 4.65. The lowest BCUT2D eigenvalue weighted by Crippen LogP contribution is -2.12. The Bertz CT molecular complexity index is 523. The molecule has 0 spiro atoms. The summed E-state index contributed by atoms with van der Waals surface area (Å²) in [7, 11) is 0. The van der Waals surface area contributed by atoms with Gasteiger partial charge in [-0.25, -0.2) is 0 Å². The first-order chi connectivity index (χ1) is 8.83. The van der Waals surface area contributed by atoms with Crippen molar-refractivity contribution in [2.24, 2.45) is 5.73 Å². The third-order valence-corrected chi connectivity index (χ3v) is 3.11. The summed E-state index contributed by atoms with van der Waals surface area (Å²) in [4.78, 5) is 4.01. The smallest absolute Gasteiger partial charge is 0.120 e. The van der Waals surface area contributed by atoms with Gasteiger partial charge in [0.2, 0.25) is 0 Å². The fraction of sp³-hybridized carbons (Fsp3) is 0.267. The van der Waals surface area contributed by atoms with Crippen LogP contribution in [-0.2, 0) is 0 Å². The maximum absolute atomic E-state index is 6.25. The number of hydrogen-bond acceptors (Lipinski definition) is 3. The first kappa shape index (κ1) is 11.2. The maximum atomic E-state index is 6.25. The molecular formula is C15H16N2O. The average molecular weight is 240 g/mol. The molecule has 3 rings (SSSR count). The first-order valence-electron chi connectivity index (χ1n) is 6.25. The van der Waals surface area contributed by atoms with Crippen LogP contribution in [0.15, 0.2) is 48.8 Å². The molecule has 1 saturated carbocycles. The van der Waals surface area contributed by atoms with Crippen molar-refractivity contribution in [3.8, 4) is 5.75 Å². The third kappa shape index (κ3) is 2.51. The summed E-state index contributed by atoms with van der Waals surface area (Å²) in [6.07, 6.45) is 6.28. The maximum Gasteiger partial charge on any atom is 0.120 e. The highest BCUT2D eigenvalue weighted by Gasteiger charge is 2.23. The number of aromatic nitrogens is 1. The Morgan fingerprint density at radius 3 is 2.61 bits per heavy atom. The summed E-state index contributed by atoms with van der Waals surface area (Å²) in [6.45, 7) is 0. The predicted octanol–water partition coefficient (Wildman–Crippen LogP) is 2.67. The quantitative estimate of drug-likeness (QED) is 0.893. The van der Waals surface area contributed by atoms with Gasteiger partial charge in [0.05, 0.1) is 12.1 Å². The summed E-state index contributed by atoms with van der Waals surface area (Å²) in [5.74, 6) is 0.916. The highest BCUT2D eigenvalue weighted by molar-refractivity contribution is 5.35. The topological polar surface area (TPSA) is 48.1 Å². The first-order valence-corrected chi connectivity index (χ1v) is 6.25. The Hall–Kier alpha value is -1.87. The lowest BCUT2D eigenvalue weighted by molar-refractivity contribution is 0.303. The second-order valence-electron chi connectivity index (χ2n) is 4.65. The summed E-state index contributed by atoms with van der Waals surface area (Å²) >= 11 is 0. The van der Waals surface area contributed by atoms with Crippen molar-refractivity contribution in [1.29, 1.82) is 0 Å². The molecule has 3 heteroatoms. The summed E-state index contributed by atoms with van der Waals surface area (Å²) in [5.41, 5.74) is 8.38. The number of hydrogen-bond donors (Lipinski definition) is 1. The van der Waals surface area contributed by atoms with Crippen LogP contribution in [0.1, 0.15) is 30.0 Å². The van der Waals surface area contributed by atoms with Gasteiger partial charge in [0.15, 0.2) is 0 Å². The zero-order valence-electron chi connectivity index (χ0n) is 10.1. The van der Waals surface area contributed by atoms with Gasteiger partial charge < -0.3 is 10.5 Å².